The van der Waals surface area contributed by atoms with E-state index in [1.165, 1.54) is 17.5 Å². The van der Waals surface area contributed by atoms with Gasteiger partial charge < -0.3 is 11.5 Å². The Kier molecular flexibility index (Phi) is 4.31. The average Bonchev–Trinajstić information content (AvgIpc) is 2.61. The smallest absolute Gasteiger partial charge is 0.354 e. The predicted octanol–water partition coefficient (Wildman–Crippen LogP) is 1.10. The molecule has 1 aromatic carbocycles. The van der Waals surface area contributed by atoms with Crippen LogP contribution in [-0.2, 0) is 12.8 Å². The first-order valence-corrected chi connectivity index (χ1v) is 9.07. The van der Waals surface area contributed by atoms with E-state index in [1.807, 2.05) is 6.07 Å². The lowest BCUT2D eigenvalue weighted by Crippen LogP contribution is -2.47. The van der Waals surface area contributed by atoms with Gasteiger partial charge >= 0.3 is 5.69 Å². The highest BCUT2D eigenvalue weighted by atomic mass is 16.1. The minimum absolute atomic E-state index is 0.253. The van der Waals surface area contributed by atoms with Gasteiger partial charge in [0.15, 0.2) is 0 Å². The summed E-state index contributed by atoms with van der Waals surface area (Å²) in [4.78, 5) is 18.5. The van der Waals surface area contributed by atoms with Crippen LogP contribution in [0.2, 0.25) is 0 Å². The van der Waals surface area contributed by atoms with Gasteiger partial charge in [-0.3, -0.25) is 9.47 Å². The minimum Gasteiger partial charge on any atom is -0.383 e. The topological polar surface area (TPSA) is 90.2 Å². The molecule has 1 aliphatic carbocycles. The van der Waals surface area contributed by atoms with E-state index in [4.69, 9.17) is 11.5 Å². The normalized spacial score (nSPS) is 21.9. The van der Waals surface area contributed by atoms with E-state index in [1.54, 1.807) is 16.8 Å². The number of nitrogen functional groups attached to an aromatic ring is 1. The van der Waals surface area contributed by atoms with Crippen LogP contribution >= 0.6 is 0 Å². The molecule has 1 fully saturated rings. The Labute approximate surface area is 147 Å². The van der Waals surface area contributed by atoms with Crippen molar-refractivity contribution >= 4 is 5.82 Å². The van der Waals surface area contributed by atoms with E-state index >= 15 is 0 Å². The molecule has 6 heteroatoms. The summed E-state index contributed by atoms with van der Waals surface area (Å²) in [5.74, 6) is 0.253. The van der Waals surface area contributed by atoms with Gasteiger partial charge in [0, 0.05) is 18.3 Å². The lowest BCUT2D eigenvalue weighted by atomic mass is 9.86. The van der Waals surface area contributed by atoms with Gasteiger partial charge in [0.25, 0.3) is 0 Å². The van der Waals surface area contributed by atoms with Gasteiger partial charge in [0.05, 0.1) is 5.69 Å². The third-order valence-corrected chi connectivity index (χ3v) is 5.59. The lowest BCUT2D eigenvalue weighted by Gasteiger charge is -2.39. The first kappa shape index (κ1) is 16.3. The van der Waals surface area contributed by atoms with Crippen LogP contribution in [0.5, 0.6) is 0 Å². The molecule has 0 saturated carbocycles. The van der Waals surface area contributed by atoms with Gasteiger partial charge in [-0.2, -0.15) is 4.98 Å². The van der Waals surface area contributed by atoms with Crippen molar-refractivity contribution in [3.63, 3.8) is 0 Å². The molecule has 1 unspecified atom stereocenters. The van der Waals surface area contributed by atoms with Crippen molar-refractivity contribution in [2.45, 2.75) is 44.2 Å². The van der Waals surface area contributed by atoms with Crippen LogP contribution in [0.3, 0.4) is 0 Å². The maximum Gasteiger partial charge on any atom is 0.354 e. The number of nitrogens with two attached hydrogens (primary N) is 2. The van der Waals surface area contributed by atoms with Crippen LogP contribution in [-0.4, -0.2) is 39.6 Å². The van der Waals surface area contributed by atoms with E-state index in [0.29, 0.717) is 12.1 Å². The zero-order valence-electron chi connectivity index (χ0n) is 14.4. The molecule has 0 amide bonds. The first-order valence-electron chi connectivity index (χ1n) is 9.07. The van der Waals surface area contributed by atoms with Gasteiger partial charge in [-0.1, -0.05) is 6.07 Å². The maximum absolute atomic E-state index is 12.0. The van der Waals surface area contributed by atoms with E-state index in [2.05, 4.69) is 22.0 Å². The largest absolute Gasteiger partial charge is 0.383 e. The van der Waals surface area contributed by atoms with Crippen LogP contribution in [0.15, 0.2) is 35.3 Å². The second-order valence-corrected chi connectivity index (χ2v) is 7.23. The molecule has 1 aliphatic heterocycles. The monoisotopic (exact) mass is 339 g/mol. The van der Waals surface area contributed by atoms with Crippen molar-refractivity contribution in [3.8, 4) is 5.69 Å². The molecule has 0 radical (unpaired) electrons. The molecule has 2 heterocycles. The number of fused-ring (bicyclic) bond motifs is 1. The zero-order chi connectivity index (χ0) is 17.4. The fourth-order valence-electron chi connectivity index (χ4n) is 4.08. The van der Waals surface area contributed by atoms with Crippen molar-refractivity contribution in [1.29, 1.82) is 0 Å². The molecule has 1 aromatic heterocycles. The number of benzene rings is 1. The summed E-state index contributed by atoms with van der Waals surface area (Å²) in [5, 5.41) is 0. The highest BCUT2D eigenvalue weighted by Gasteiger charge is 2.27. The van der Waals surface area contributed by atoms with Gasteiger partial charge in [-0.25, -0.2) is 4.79 Å². The fourth-order valence-corrected chi connectivity index (χ4v) is 4.08. The van der Waals surface area contributed by atoms with E-state index in [0.717, 1.165) is 44.5 Å². The number of likely N-dealkylation sites (tertiary alicyclic amines) is 1. The number of anilines is 1. The number of aryl methyl sites for hydroxylation is 1. The number of nitrogens with zero attached hydrogens (tertiary/aromatic N) is 3. The average molecular weight is 339 g/mol. The number of piperidine rings is 1. The Bertz CT molecular complexity index is 823. The Morgan fingerprint density at radius 1 is 1.08 bits per heavy atom. The van der Waals surface area contributed by atoms with Crippen LogP contribution in [0.1, 0.15) is 30.4 Å². The van der Waals surface area contributed by atoms with E-state index < -0.39 is 0 Å². The molecule has 2 aromatic rings. The minimum atomic E-state index is -0.335. The Morgan fingerprint density at radius 3 is 2.64 bits per heavy atom. The molecule has 6 nitrogen and oxygen atoms in total. The molecule has 1 saturated heterocycles. The molecule has 2 aliphatic rings. The number of rotatable bonds is 2. The highest BCUT2D eigenvalue weighted by molar-refractivity contribution is 5.43. The molecule has 4 rings (SSSR count). The quantitative estimate of drug-likeness (QED) is 0.855. The lowest BCUT2D eigenvalue weighted by molar-refractivity contribution is 0.141. The SMILES string of the molecule is Nc1ccn(-c2ccc3c(c2)CCC(N2CCC(N)CC2)C3)c(=O)n1. The standard InChI is InChI=1S/C19H25N5O/c20-15-5-8-23(9-6-15)16-3-1-14-12-17(4-2-13(14)11-16)24-10-7-18(21)22-19(24)25/h2,4,7,10,12,15-16H,1,3,5-6,8-9,11,20H2,(H2,21,22,25). The summed E-state index contributed by atoms with van der Waals surface area (Å²) in [6.45, 7) is 2.23. The van der Waals surface area contributed by atoms with Gasteiger partial charge in [-0.05, 0) is 74.5 Å². The van der Waals surface area contributed by atoms with Gasteiger partial charge in [0.2, 0.25) is 0 Å². The third kappa shape index (κ3) is 3.32. The molecule has 1 atom stereocenters. The van der Waals surface area contributed by atoms with E-state index in [9.17, 15) is 4.79 Å². The Balaban J connectivity index is 1.54. The van der Waals surface area contributed by atoms with E-state index in [-0.39, 0.29) is 11.5 Å². The Hall–Kier alpha value is -2.18. The number of aromatic nitrogens is 2. The summed E-state index contributed by atoms with van der Waals surface area (Å²) in [5.41, 5.74) is 14.9. The summed E-state index contributed by atoms with van der Waals surface area (Å²) < 4.78 is 1.55. The zero-order valence-corrected chi connectivity index (χ0v) is 14.4. The van der Waals surface area contributed by atoms with Crippen molar-refractivity contribution in [1.82, 2.24) is 14.5 Å². The van der Waals surface area contributed by atoms with Crippen LogP contribution in [0.4, 0.5) is 5.82 Å². The van der Waals surface area contributed by atoms with Crippen LogP contribution in [0.25, 0.3) is 5.69 Å². The molecule has 0 bridgehead atoms. The van der Waals surface area contributed by atoms with Crippen molar-refractivity contribution in [2.24, 2.45) is 5.73 Å². The second kappa shape index (κ2) is 6.61. The highest BCUT2D eigenvalue weighted by Crippen LogP contribution is 2.28. The van der Waals surface area contributed by atoms with Crippen LogP contribution < -0.4 is 17.2 Å². The maximum atomic E-state index is 12.0. The summed E-state index contributed by atoms with van der Waals surface area (Å²) in [6.07, 6.45) is 7.20. The van der Waals surface area contributed by atoms with Crippen LogP contribution in [0, 0.1) is 0 Å². The van der Waals surface area contributed by atoms with Gasteiger partial charge in [0.1, 0.15) is 5.82 Å². The summed E-state index contributed by atoms with van der Waals surface area (Å²) in [6, 6.07) is 8.94. The molecule has 25 heavy (non-hydrogen) atoms. The predicted molar refractivity (Wildman–Crippen MR) is 98.8 cm³/mol. The van der Waals surface area contributed by atoms with Crippen molar-refractivity contribution < 1.29 is 0 Å². The Morgan fingerprint density at radius 2 is 1.88 bits per heavy atom. The summed E-state index contributed by atoms with van der Waals surface area (Å²) in [7, 11) is 0. The summed E-state index contributed by atoms with van der Waals surface area (Å²) >= 11 is 0. The van der Waals surface area contributed by atoms with Crippen molar-refractivity contribution in [2.75, 3.05) is 18.8 Å². The van der Waals surface area contributed by atoms with Crippen molar-refractivity contribution in [3.05, 3.63) is 52.1 Å². The first-order chi connectivity index (χ1) is 12.1. The molecular weight excluding hydrogens is 314 g/mol. The molecule has 4 N–H and O–H groups in total. The third-order valence-electron chi connectivity index (χ3n) is 5.59. The second-order valence-electron chi connectivity index (χ2n) is 7.23. The number of hydrogen-bond donors (Lipinski definition) is 2. The molecular formula is C19H25N5O. The van der Waals surface area contributed by atoms with Gasteiger partial charge in [-0.15, -0.1) is 0 Å². The number of hydrogen-bond acceptors (Lipinski definition) is 5. The fraction of sp³-hybridized carbons (Fsp3) is 0.474. The molecule has 132 valence electrons. The molecule has 0 spiro atoms.